The second-order valence-corrected chi connectivity index (χ2v) is 5.96. The predicted octanol–water partition coefficient (Wildman–Crippen LogP) is 3.00. The number of hydrogen-bond acceptors (Lipinski definition) is 3. The monoisotopic (exact) mass is 340 g/mol. The van der Waals surface area contributed by atoms with Gasteiger partial charge in [-0.3, -0.25) is 14.2 Å². The van der Waals surface area contributed by atoms with Crippen LogP contribution in [-0.2, 0) is 0 Å². The number of hydrogen-bond donors (Lipinski definition) is 0. The predicted molar refractivity (Wildman–Crippen MR) is 83.2 cm³/mol. The van der Waals surface area contributed by atoms with Gasteiger partial charge in [0.05, 0.1) is 22.2 Å². The van der Waals surface area contributed by atoms with E-state index in [1.54, 1.807) is 30.3 Å². The van der Waals surface area contributed by atoms with E-state index in [2.05, 4.69) is 20.9 Å². The maximum atomic E-state index is 12.7. The third-order valence-corrected chi connectivity index (χ3v) is 4.17. The third-order valence-electron chi connectivity index (χ3n) is 3.71. The molecule has 0 N–H and O–H groups in total. The third kappa shape index (κ3) is 1.58. The van der Waals surface area contributed by atoms with Crippen molar-refractivity contribution in [3.63, 3.8) is 0 Å². The lowest BCUT2D eigenvalue weighted by Crippen LogP contribution is -2.21. The zero-order chi connectivity index (χ0) is 14.7. The minimum atomic E-state index is -0.211. The summed E-state index contributed by atoms with van der Waals surface area (Å²) in [5.74, 6) is -0.0212. The summed E-state index contributed by atoms with van der Waals surface area (Å²) < 4.78 is 2.25. The molecule has 0 unspecified atom stereocenters. The number of rotatable bonds is 0. The van der Waals surface area contributed by atoms with Crippen molar-refractivity contribution in [1.82, 2.24) is 9.55 Å². The van der Waals surface area contributed by atoms with Crippen LogP contribution in [0, 0.1) is 6.92 Å². The van der Waals surface area contributed by atoms with Crippen LogP contribution >= 0.6 is 15.9 Å². The van der Waals surface area contributed by atoms with E-state index < -0.39 is 0 Å². The highest BCUT2D eigenvalue weighted by Gasteiger charge is 2.31. The molecule has 1 aromatic heterocycles. The number of fused-ring (bicyclic) bond motifs is 4. The molecular weight excluding hydrogens is 332 g/mol. The zero-order valence-electron chi connectivity index (χ0n) is 11.1. The Morgan fingerprint density at radius 2 is 1.90 bits per heavy atom. The molecule has 4 rings (SSSR count). The first-order valence-corrected chi connectivity index (χ1v) is 7.24. The van der Waals surface area contributed by atoms with Gasteiger partial charge in [0.2, 0.25) is 5.78 Å². The number of ketones is 1. The molecule has 1 aliphatic rings. The number of aromatic nitrogens is 2. The highest BCUT2D eigenvalue weighted by molar-refractivity contribution is 9.10. The van der Waals surface area contributed by atoms with Gasteiger partial charge in [0, 0.05) is 4.47 Å². The topological polar surface area (TPSA) is 52.0 Å². The molecule has 0 atom stereocenters. The van der Waals surface area contributed by atoms with Crippen molar-refractivity contribution in [1.29, 1.82) is 0 Å². The first-order chi connectivity index (χ1) is 10.1. The van der Waals surface area contributed by atoms with Crippen molar-refractivity contribution in [3.8, 4) is 5.69 Å². The number of aryl methyl sites for hydroxylation is 1. The van der Waals surface area contributed by atoms with Gasteiger partial charge in [-0.1, -0.05) is 28.1 Å². The van der Waals surface area contributed by atoms with E-state index >= 15 is 0 Å². The first kappa shape index (κ1) is 12.5. The summed E-state index contributed by atoms with van der Waals surface area (Å²) >= 11 is 3.39. The summed E-state index contributed by atoms with van der Waals surface area (Å²) in [5.41, 5.74) is 2.37. The summed E-state index contributed by atoms with van der Waals surface area (Å²) in [7, 11) is 0. The Labute approximate surface area is 128 Å². The van der Waals surface area contributed by atoms with E-state index in [0.29, 0.717) is 22.2 Å². The van der Waals surface area contributed by atoms with Gasteiger partial charge in [0.15, 0.2) is 5.82 Å². The zero-order valence-corrected chi connectivity index (χ0v) is 12.6. The smallest absolute Gasteiger partial charge is 0.266 e. The molecule has 0 radical (unpaired) electrons. The highest BCUT2D eigenvalue weighted by Crippen LogP contribution is 2.31. The fraction of sp³-hybridized carbons (Fsp3) is 0.0625. The van der Waals surface area contributed by atoms with Gasteiger partial charge in [-0.05, 0) is 36.8 Å². The van der Waals surface area contributed by atoms with Crippen LogP contribution in [0.4, 0.5) is 0 Å². The molecule has 102 valence electrons. The van der Waals surface area contributed by atoms with Gasteiger partial charge in [-0.25, -0.2) is 4.98 Å². The summed E-state index contributed by atoms with van der Waals surface area (Å²) in [5, 5.41) is 0.518. The van der Waals surface area contributed by atoms with Crippen molar-refractivity contribution < 1.29 is 4.79 Å². The van der Waals surface area contributed by atoms with E-state index in [1.165, 1.54) is 4.57 Å². The summed E-state index contributed by atoms with van der Waals surface area (Å²) in [6.07, 6.45) is 0. The molecule has 3 aromatic rings. The van der Waals surface area contributed by atoms with Crippen molar-refractivity contribution >= 4 is 32.6 Å². The van der Waals surface area contributed by atoms with Crippen LogP contribution in [0.25, 0.3) is 16.6 Å². The molecule has 0 spiro atoms. The lowest BCUT2D eigenvalue weighted by Gasteiger charge is -2.08. The second kappa shape index (κ2) is 4.11. The molecule has 0 saturated carbocycles. The number of para-hydroxylation sites is 1. The standard InChI is InChI=1S/C16H9BrN2O2/c1-8-6-9(17)7-11-13(8)19-15(14(11)20)18-12-5-3-2-4-10(12)16(19)21/h2-7H,1H3. The summed E-state index contributed by atoms with van der Waals surface area (Å²) in [6, 6.07) is 10.7. The quantitative estimate of drug-likeness (QED) is 0.494. The Kier molecular flexibility index (Phi) is 2.44. The molecule has 0 bridgehead atoms. The summed E-state index contributed by atoms with van der Waals surface area (Å²) in [4.78, 5) is 29.7. The Morgan fingerprint density at radius 3 is 2.71 bits per heavy atom. The lowest BCUT2D eigenvalue weighted by atomic mass is 10.1. The minimum Gasteiger partial charge on any atom is -0.285 e. The van der Waals surface area contributed by atoms with Gasteiger partial charge in [-0.2, -0.15) is 0 Å². The molecule has 5 heteroatoms. The van der Waals surface area contributed by atoms with E-state index in [1.807, 2.05) is 13.0 Å². The normalized spacial score (nSPS) is 12.6. The average Bonchev–Trinajstić information content (AvgIpc) is 2.74. The number of carbonyl (C=O) groups excluding carboxylic acids is 1. The molecular formula is C16H9BrN2O2. The van der Waals surface area contributed by atoms with Crippen LogP contribution in [0.5, 0.6) is 0 Å². The maximum Gasteiger partial charge on any atom is 0.266 e. The maximum absolute atomic E-state index is 12.7. The van der Waals surface area contributed by atoms with Gasteiger partial charge >= 0.3 is 0 Å². The van der Waals surface area contributed by atoms with E-state index in [4.69, 9.17) is 0 Å². The molecule has 2 aromatic carbocycles. The average molecular weight is 341 g/mol. The molecule has 0 fully saturated rings. The molecule has 2 heterocycles. The SMILES string of the molecule is Cc1cc(Br)cc2c1-n1c(nc3ccccc3c1=O)C2=O. The van der Waals surface area contributed by atoms with Crippen LogP contribution in [-0.4, -0.2) is 15.3 Å². The highest BCUT2D eigenvalue weighted by atomic mass is 79.9. The summed E-state index contributed by atoms with van der Waals surface area (Å²) in [6.45, 7) is 1.88. The van der Waals surface area contributed by atoms with Gasteiger partial charge in [-0.15, -0.1) is 0 Å². The Bertz CT molecular complexity index is 1010. The molecule has 1 aliphatic heterocycles. The van der Waals surface area contributed by atoms with E-state index in [-0.39, 0.29) is 17.2 Å². The van der Waals surface area contributed by atoms with Crippen molar-refractivity contribution in [2.24, 2.45) is 0 Å². The molecule has 4 nitrogen and oxygen atoms in total. The lowest BCUT2D eigenvalue weighted by molar-refractivity contribution is 0.103. The van der Waals surface area contributed by atoms with Crippen molar-refractivity contribution in [3.05, 3.63) is 68.2 Å². The molecule has 21 heavy (non-hydrogen) atoms. The fourth-order valence-corrected chi connectivity index (χ4v) is 3.39. The van der Waals surface area contributed by atoms with E-state index in [0.717, 1.165) is 10.0 Å². The Hall–Kier alpha value is -2.27. The van der Waals surface area contributed by atoms with Gasteiger partial charge in [0.1, 0.15) is 0 Å². The first-order valence-electron chi connectivity index (χ1n) is 6.45. The number of halogens is 1. The van der Waals surface area contributed by atoms with E-state index in [9.17, 15) is 9.59 Å². The molecule has 0 aliphatic carbocycles. The van der Waals surface area contributed by atoms with Crippen LogP contribution in [0.1, 0.15) is 21.7 Å². The largest absolute Gasteiger partial charge is 0.285 e. The van der Waals surface area contributed by atoms with Crippen LogP contribution in [0.3, 0.4) is 0 Å². The van der Waals surface area contributed by atoms with Crippen molar-refractivity contribution in [2.75, 3.05) is 0 Å². The van der Waals surface area contributed by atoms with Gasteiger partial charge < -0.3 is 0 Å². The van der Waals surface area contributed by atoms with Crippen LogP contribution in [0.15, 0.2) is 45.7 Å². The van der Waals surface area contributed by atoms with Crippen LogP contribution < -0.4 is 5.56 Å². The van der Waals surface area contributed by atoms with Crippen LogP contribution in [0.2, 0.25) is 0 Å². The minimum absolute atomic E-state index is 0.190. The number of carbonyl (C=O) groups is 1. The Morgan fingerprint density at radius 1 is 1.14 bits per heavy atom. The molecule has 0 saturated heterocycles. The fourth-order valence-electron chi connectivity index (χ4n) is 2.82. The molecule has 0 amide bonds. The van der Waals surface area contributed by atoms with Gasteiger partial charge in [0.25, 0.3) is 5.56 Å². The number of benzene rings is 2. The second-order valence-electron chi connectivity index (χ2n) is 5.04. The Balaban J connectivity index is 2.22. The number of nitrogens with zero attached hydrogens (tertiary/aromatic N) is 2. The van der Waals surface area contributed by atoms with Crippen molar-refractivity contribution in [2.45, 2.75) is 6.92 Å².